The molecule has 5 nitrogen and oxygen atoms in total. The third-order valence-corrected chi connectivity index (χ3v) is 2.85. The van der Waals surface area contributed by atoms with E-state index in [-0.39, 0.29) is 5.69 Å². The van der Waals surface area contributed by atoms with Crippen molar-refractivity contribution in [1.29, 1.82) is 0 Å². The van der Waals surface area contributed by atoms with Crippen LogP contribution in [-0.2, 0) is 15.8 Å². The van der Waals surface area contributed by atoms with Gasteiger partial charge in [-0.1, -0.05) is 0 Å². The smallest absolute Gasteiger partial charge is 0.418 e. The molecule has 0 radical (unpaired) electrons. The van der Waals surface area contributed by atoms with E-state index in [0.29, 0.717) is 5.76 Å². The summed E-state index contributed by atoms with van der Waals surface area (Å²) in [5.74, 6) is -0.854. The molecule has 1 heterocycles. The van der Waals surface area contributed by atoms with Gasteiger partial charge in [-0.3, -0.25) is 9.59 Å². The third-order valence-electron chi connectivity index (χ3n) is 2.85. The van der Waals surface area contributed by atoms with E-state index in [4.69, 9.17) is 4.42 Å². The number of carbonyl (C=O) groups excluding carboxylic acids is 2. The molecule has 0 fully saturated rings. The van der Waals surface area contributed by atoms with Crippen molar-refractivity contribution in [3.05, 3.63) is 54.0 Å². The maximum Gasteiger partial charge on any atom is 0.418 e. The van der Waals surface area contributed by atoms with Crippen LogP contribution in [0.1, 0.15) is 18.2 Å². The number of anilines is 2. The van der Waals surface area contributed by atoms with Gasteiger partial charge in [0, 0.05) is 18.7 Å². The van der Waals surface area contributed by atoms with Crippen LogP contribution in [0.4, 0.5) is 24.5 Å². The van der Waals surface area contributed by atoms with Gasteiger partial charge in [-0.05, 0) is 36.4 Å². The highest BCUT2D eigenvalue weighted by Gasteiger charge is 2.34. The lowest BCUT2D eigenvalue weighted by Gasteiger charge is -2.15. The van der Waals surface area contributed by atoms with E-state index in [1.807, 2.05) is 0 Å². The molecular formula is C16H13F3N2O3. The Bertz CT molecular complexity index is 765. The number of rotatable bonds is 4. The van der Waals surface area contributed by atoms with Crippen LogP contribution < -0.4 is 10.6 Å². The van der Waals surface area contributed by atoms with E-state index < -0.39 is 29.2 Å². The van der Waals surface area contributed by atoms with Gasteiger partial charge in [0.2, 0.25) is 11.8 Å². The number of benzene rings is 1. The summed E-state index contributed by atoms with van der Waals surface area (Å²) in [6.45, 7) is 1.18. The first-order chi connectivity index (χ1) is 11.3. The SMILES string of the molecule is CC(=O)Nc1ccc(NC(=O)/C=C/c2ccco2)c(C(F)(F)F)c1. The molecule has 0 bridgehead atoms. The molecule has 1 aromatic heterocycles. The molecule has 8 heteroatoms. The van der Waals surface area contributed by atoms with Crippen molar-refractivity contribution in [2.24, 2.45) is 0 Å². The highest BCUT2D eigenvalue weighted by molar-refractivity contribution is 6.02. The summed E-state index contributed by atoms with van der Waals surface area (Å²) < 4.78 is 44.4. The molecule has 0 aliphatic rings. The summed E-state index contributed by atoms with van der Waals surface area (Å²) >= 11 is 0. The first kappa shape index (κ1) is 17.3. The average molecular weight is 338 g/mol. The minimum atomic E-state index is -4.69. The van der Waals surface area contributed by atoms with Gasteiger partial charge in [0.25, 0.3) is 0 Å². The molecule has 2 N–H and O–H groups in total. The Balaban J connectivity index is 2.22. The Morgan fingerprint density at radius 1 is 1.17 bits per heavy atom. The predicted molar refractivity (Wildman–Crippen MR) is 82.1 cm³/mol. The summed E-state index contributed by atoms with van der Waals surface area (Å²) in [6.07, 6.45) is -0.906. The van der Waals surface area contributed by atoms with Crippen molar-refractivity contribution < 1.29 is 27.2 Å². The number of nitrogens with one attached hydrogen (secondary N) is 2. The molecule has 2 amide bonds. The normalized spacial score (nSPS) is 11.5. The van der Waals surface area contributed by atoms with Crippen LogP contribution in [0.2, 0.25) is 0 Å². The quantitative estimate of drug-likeness (QED) is 0.830. The first-order valence-electron chi connectivity index (χ1n) is 6.77. The van der Waals surface area contributed by atoms with Crippen molar-refractivity contribution in [3.63, 3.8) is 0 Å². The van der Waals surface area contributed by atoms with Crippen LogP contribution in [0.25, 0.3) is 6.08 Å². The van der Waals surface area contributed by atoms with E-state index in [9.17, 15) is 22.8 Å². The lowest BCUT2D eigenvalue weighted by Crippen LogP contribution is -2.16. The lowest BCUT2D eigenvalue weighted by atomic mass is 10.1. The van der Waals surface area contributed by atoms with Crippen LogP contribution in [0, 0.1) is 0 Å². The van der Waals surface area contributed by atoms with Crippen LogP contribution in [0.5, 0.6) is 0 Å². The fourth-order valence-corrected chi connectivity index (χ4v) is 1.89. The number of halogens is 3. The summed E-state index contributed by atoms with van der Waals surface area (Å²) in [7, 11) is 0. The predicted octanol–water partition coefficient (Wildman–Crippen LogP) is 3.91. The molecule has 0 atom stereocenters. The van der Waals surface area contributed by atoms with E-state index in [0.717, 1.165) is 18.2 Å². The van der Waals surface area contributed by atoms with Gasteiger partial charge in [-0.25, -0.2) is 0 Å². The van der Waals surface area contributed by atoms with Gasteiger partial charge in [-0.2, -0.15) is 13.2 Å². The minimum Gasteiger partial charge on any atom is -0.465 e. The second-order valence-electron chi connectivity index (χ2n) is 4.78. The zero-order chi connectivity index (χ0) is 17.7. The van der Waals surface area contributed by atoms with Crippen LogP contribution in [-0.4, -0.2) is 11.8 Å². The number of hydrogen-bond donors (Lipinski definition) is 2. The van der Waals surface area contributed by atoms with Gasteiger partial charge >= 0.3 is 6.18 Å². The Kier molecular flexibility index (Phi) is 5.08. The van der Waals surface area contributed by atoms with Crippen LogP contribution in [0.3, 0.4) is 0 Å². The standard InChI is InChI=1S/C16H13F3N2O3/c1-10(22)20-11-4-6-14(13(9-11)16(17,18)19)21-15(23)7-5-12-3-2-8-24-12/h2-9H,1H3,(H,20,22)(H,21,23)/b7-5+. The molecule has 0 spiro atoms. The molecule has 0 aliphatic heterocycles. The second-order valence-corrected chi connectivity index (χ2v) is 4.78. The highest BCUT2D eigenvalue weighted by atomic mass is 19.4. The van der Waals surface area contributed by atoms with E-state index in [2.05, 4.69) is 10.6 Å². The summed E-state index contributed by atoms with van der Waals surface area (Å²) in [5.41, 5.74) is -1.49. The second kappa shape index (κ2) is 7.03. The maximum atomic E-state index is 13.1. The Morgan fingerprint density at radius 2 is 1.92 bits per heavy atom. The van der Waals surface area contributed by atoms with E-state index in [1.54, 1.807) is 12.1 Å². The molecule has 24 heavy (non-hydrogen) atoms. The average Bonchev–Trinajstić information content (AvgIpc) is 2.98. The number of furan rings is 1. The number of carbonyl (C=O) groups is 2. The summed E-state index contributed by atoms with van der Waals surface area (Å²) in [6, 6.07) is 6.30. The molecule has 1 aromatic carbocycles. The molecule has 2 aromatic rings. The molecule has 126 valence electrons. The molecule has 0 saturated heterocycles. The van der Waals surface area contributed by atoms with Crippen LogP contribution in [0.15, 0.2) is 47.1 Å². The van der Waals surface area contributed by atoms with Gasteiger partial charge in [-0.15, -0.1) is 0 Å². The minimum absolute atomic E-state index is 0.0149. The topological polar surface area (TPSA) is 71.3 Å². The third kappa shape index (κ3) is 4.73. The summed E-state index contributed by atoms with van der Waals surface area (Å²) in [4.78, 5) is 22.7. The molecular weight excluding hydrogens is 325 g/mol. The zero-order valence-corrected chi connectivity index (χ0v) is 12.5. The van der Waals surface area contributed by atoms with Crippen molar-refractivity contribution in [1.82, 2.24) is 0 Å². The van der Waals surface area contributed by atoms with Gasteiger partial charge in [0.05, 0.1) is 17.5 Å². The fourth-order valence-electron chi connectivity index (χ4n) is 1.89. The van der Waals surface area contributed by atoms with Crippen molar-refractivity contribution >= 4 is 29.3 Å². The van der Waals surface area contributed by atoms with Gasteiger partial charge < -0.3 is 15.1 Å². The lowest BCUT2D eigenvalue weighted by molar-refractivity contribution is -0.137. The van der Waals surface area contributed by atoms with Crippen molar-refractivity contribution in [3.8, 4) is 0 Å². The van der Waals surface area contributed by atoms with Gasteiger partial charge in [0.15, 0.2) is 0 Å². The van der Waals surface area contributed by atoms with Crippen molar-refractivity contribution in [2.45, 2.75) is 13.1 Å². The largest absolute Gasteiger partial charge is 0.465 e. The van der Waals surface area contributed by atoms with Crippen molar-refractivity contribution in [2.75, 3.05) is 10.6 Å². The first-order valence-corrected chi connectivity index (χ1v) is 6.77. The summed E-state index contributed by atoms with van der Waals surface area (Å²) in [5, 5.41) is 4.42. The monoisotopic (exact) mass is 338 g/mol. The Morgan fingerprint density at radius 3 is 2.50 bits per heavy atom. The maximum absolute atomic E-state index is 13.1. The Hall–Kier alpha value is -3.03. The molecule has 0 unspecified atom stereocenters. The molecule has 2 rings (SSSR count). The number of hydrogen-bond acceptors (Lipinski definition) is 3. The molecule has 0 saturated carbocycles. The van der Waals surface area contributed by atoms with Crippen LogP contribution >= 0.6 is 0 Å². The highest BCUT2D eigenvalue weighted by Crippen LogP contribution is 2.36. The number of alkyl halides is 3. The van der Waals surface area contributed by atoms with Gasteiger partial charge in [0.1, 0.15) is 5.76 Å². The molecule has 0 aliphatic carbocycles. The zero-order valence-electron chi connectivity index (χ0n) is 12.5. The van der Waals surface area contributed by atoms with E-state index in [1.165, 1.54) is 25.3 Å². The fraction of sp³-hybridized carbons (Fsp3) is 0.125. The number of amides is 2. The Labute approximate surface area is 135 Å². The van der Waals surface area contributed by atoms with E-state index >= 15 is 0 Å².